The maximum absolute atomic E-state index is 11.6. The Bertz CT molecular complexity index is 380. The highest BCUT2D eigenvalue weighted by Crippen LogP contribution is 2.21. The van der Waals surface area contributed by atoms with Gasteiger partial charge in [0.25, 0.3) is 0 Å². The minimum absolute atomic E-state index is 0.00419. The number of benzene rings is 1. The van der Waals surface area contributed by atoms with E-state index in [1.54, 1.807) is 0 Å². The molecule has 0 aliphatic heterocycles. The van der Waals surface area contributed by atoms with Gasteiger partial charge in [0.2, 0.25) is 5.91 Å². The predicted octanol–water partition coefficient (Wildman–Crippen LogP) is 3.38. The van der Waals surface area contributed by atoms with Crippen molar-refractivity contribution in [3.8, 4) is 0 Å². The van der Waals surface area contributed by atoms with Gasteiger partial charge in [-0.05, 0) is 37.1 Å². The third-order valence-corrected chi connectivity index (χ3v) is 2.89. The van der Waals surface area contributed by atoms with Gasteiger partial charge in [-0.2, -0.15) is 0 Å². The second-order valence-corrected chi connectivity index (χ2v) is 4.57. The molecule has 0 aliphatic rings. The van der Waals surface area contributed by atoms with Crippen LogP contribution < -0.4 is 5.32 Å². The number of carbonyl (C=O) groups is 1. The predicted molar refractivity (Wildman–Crippen MR) is 73.3 cm³/mol. The quantitative estimate of drug-likeness (QED) is 0.818. The molecule has 17 heavy (non-hydrogen) atoms. The lowest BCUT2D eigenvalue weighted by molar-refractivity contribution is -0.117. The first-order chi connectivity index (χ1) is 8.17. The molecule has 0 radical (unpaired) electrons. The highest BCUT2D eigenvalue weighted by molar-refractivity contribution is 9.10. The zero-order valence-corrected chi connectivity index (χ0v) is 11.8. The molecule has 1 aromatic carbocycles. The first kappa shape index (κ1) is 14.2. The van der Waals surface area contributed by atoms with E-state index in [4.69, 9.17) is 4.74 Å². The summed E-state index contributed by atoms with van der Waals surface area (Å²) in [5.41, 5.74) is 2.02. The molecule has 1 rings (SSSR count). The number of halogens is 1. The molecule has 0 unspecified atom stereocenters. The SMILES string of the molecule is CCOCCC(=O)Nc1ccc(Br)cc1CC. The van der Waals surface area contributed by atoms with E-state index in [1.165, 1.54) is 0 Å². The molecule has 4 heteroatoms. The van der Waals surface area contributed by atoms with Crippen LogP contribution in [0.15, 0.2) is 22.7 Å². The Labute approximate surface area is 111 Å². The molecule has 0 aliphatic carbocycles. The van der Waals surface area contributed by atoms with Gasteiger partial charge in [-0.15, -0.1) is 0 Å². The Morgan fingerprint density at radius 2 is 2.18 bits per heavy atom. The lowest BCUT2D eigenvalue weighted by Gasteiger charge is -2.10. The Morgan fingerprint density at radius 3 is 2.82 bits per heavy atom. The number of ether oxygens (including phenoxy) is 1. The molecule has 0 saturated carbocycles. The van der Waals surface area contributed by atoms with Gasteiger partial charge >= 0.3 is 0 Å². The molecular weight excluding hydrogens is 282 g/mol. The molecule has 1 aromatic rings. The van der Waals surface area contributed by atoms with Gasteiger partial charge in [-0.1, -0.05) is 22.9 Å². The molecule has 0 bridgehead atoms. The van der Waals surface area contributed by atoms with E-state index in [2.05, 4.69) is 28.2 Å². The molecular formula is C13H18BrNO2. The second kappa shape index (κ2) is 7.45. The number of amides is 1. The number of aryl methyl sites for hydroxylation is 1. The number of nitrogens with one attached hydrogen (secondary N) is 1. The maximum atomic E-state index is 11.6. The van der Waals surface area contributed by atoms with Gasteiger partial charge in [0.1, 0.15) is 0 Å². The summed E-state index contributed by atoms with van der Waals surface area (Å²) in [4.78, 5) is 11.6. The van der Waals surface area contributed by atoms with Crippen LogP contribution in [-0.2, 0) is 16.0 Å². The monoisotopic (exact) mass is 299 g/mol. The lowest BCUT2D eigenvalue weighted by atomic mass is 10.1. The van der Waals surface area contributed by atoms with E-state index in [1.807, 2.05) is 25.1 Å². The Morgan fingerprint density at radius 1 is 1.41 bits per heavy atom. The van der Waals surface area contributed by atoms with Crippen molar-refractivity contribution in [2.45, 2.75) is 26.7 Å². The van der Waals surface area contributed by atoms with Crippen molar-refractivity contribution in [1.29, 1.82) is 0 Å². The van der Waals surface area contributed by atoms with Gasteiger partial charge in [0.05, 0.1) is 13.0 Å². The topological polar surface area (TPSA) is 38.3 Å². The number of rotatable bonds is 6. The van der Waals surface area contributed by atoms with Crippen LogP contribution in [0.1, 0.15) is 25.8 Å². The molecule has 94 valence electrons. The van der Waals surface area contributed by atoms with Crippen molar-refractivity contribution >= 4 is 27.5 Å². The number of carbonyl (C=O) groups excluding carboxylic acids is 1. The van der Waals surface area contributed by atoms with Gasteiger partial charge < -0.3 is 10.1 Å². The first-order valence-electron chi connectivity index (χ1n) is 5.83. The molecule has 0 fully saturated rings. The van der Waals surface area contributed by atoms with Crippen LogP contribution in [0.25, 0.3) is 0 Å². The Kier molecular flexibility index (Phi) is 6.22. The summed E-state index contributed by atoms with van der Waals surface area (Å²) in [5.74, 6) is -0.00419. The Hall–Kier alpha value is -0.870. The number of hydrogen-bond donors (Lipinski definition) is 1. The van der Waals surface area contributed by atoms with Crippen LogP contribution in [0.3, 0.4) is 0 Å². The zero-order valence-electron chi connectivity index (χ0n) is 10.3. The third-order valence-electron chi connectivity index (χ3n) is 2.40. The van der Waals surface area contributed by atoms with E-state index in [9.17, 15) is 4.79 Å². The van der Waals surface area contributed by atoms with E-state index in [0.717, 1.165) is 22.1 Å². The molecule has 1 amide bonds. The lowest BCUT2D eigenvalue weighted by Crippen LogP contribution is -2.15. The largest absolute Gasteiger partial charge is 0.381 e. The van der Waals surface area contributed by atoms with Crippen LogP contribution in [0.2, 0.25) is 0 Å². The van der Waals surface area contributed by atoms with Crippen molar-refractivity contribution in [3.05, 3.63) is 28.2 Å². The van der Waals surface area contributed by atoms with Crippen LogP contribution in [-0.4, -0.2) is 19.1 Å². The molecule has 0 heterocycles. The summed E-state index contributed by atoms with van der Waals surface area (Å²) in [6, 6.07) is 5.87. The van der Waals surface area contributed by atoms with Crippen LogP contribution in [0.4, 0.5) is 5.69 Å². The normalized spacial score (nSPS) is 10.3. The van der Waals surface area contributed by atoms with Gasteiger partial charge in [0, 0.05) is 16.8 Å². The van der Waals surface area contributed by atoms with E-state index < -0.39 is 0 Å². The van der Waals surface area contributed by atoms with E-state index in [0.29, 0.717) is 19.6 Å². The van der Waals surface area contributed by atoms with Gasteiger partial charge in [-0.25, -0.2) is 0 Å². The summed E-state index contributed by atoms with van der Waals surface area (Å²) in [5, 5.41) is 2.91. The van der Waals surface area contributed by atoms with Crippen molar-refractivity contribution in [3.63, 3.8) is 0 Å². The first-order valence-corrected chi connectivity index (χ1v) is 6.62. The van der Waals surface area contributed by atoms with Crippen molar-refractivity contribution in [1.82, 2.24) is 0 Å². The highest BCUT2D eigenvalue weighted by Gasteiger charge is 2.06. The summed E-state index contributed by atoms with van der Waals surface area (Å²) in [6.45, 7) is 5.10. The number of hydrogen-bond acceptors (Lipinski definition) is 2. The summed E-state index contributed by atoms with van der Waals surface area (Å²) < 4.78 is 6.18. The minimum atomic E-state index is -0.00419. The van der Waals surface area contributed by atoms with Crippen molar-refractivity contribution in [2.75, 3.05) is 18.5 Å². The average molecular weight is 300 g/mol. The minimum Gasteiger partial charge on any atom is -0.381 e. The zero-order chi connectivity index (χ0) is 12.7. The van der Waals surface area contributed by atoms with E-state index >= 15 is 0 Å². The fourth-order valence-electron chi connectivity index (χ4n) is 1.50. The van der Waals surface area contributed by atoms with Gasteiger partial charge in [-0.3, -0.25) is 4.79 Å². The van der Waals surface area contributed by atoms with Crippen molar-refractivity contribution < 1.29 is 9.53 Å². The third kappa shape index (κ3) is 4.88. The van der Waals surface area contributed by atoms with Gasteiger partial charge in [0.15, 0.2) is 0 Å². The van der Waals surface area contributed by atoms with Crippen LogP contribution >= 0.6 is 15.9 Å². The standard InChI is InChI=1S/C13H18BrNO2/c1-3-10-9-11(14)5-6-12(10)15-13(16)7-8-17-4-2/h5-6,9H,3-4,7-8H2,1-2H3,(H,15,16). The summed E-state index contributed by atoms with van der Waals surface area (Å²) >= 11 is 3.42. The fourth-order valence-corrected chi connectivity index (χ4v) is 1.91. The smallest absolute Gasteiger partial charge is 0.226 e. The average Bonchev–Trinajstić information content (AvgIpc) is 2.32. The van der Waals surface area contributed by atoms with Crippen LogP contribution in [0, 0.1) is 0 Å². The molecule has 0 aromatic heterocycles. The second-order valence-electron chi connectivity index (χ2n) is 3.65. The highest BCUT2D eigenvalue weighted by atomic mass is 79.9. The number of anilines is 1. The molecule has 1 N–H and O–H groups in total. The fraction of sp³-hybridized carbons (Fsp3) is 0.462. The van der Waals surface area contributed by atoms with Crippen LogP contribution in [0.5, 0.6) is 0 Å². The summed E-state index contributed by atoms with van der Waals surface area (Å²) in [6.07, 6.45) is 1.29. The Balaban J connectivity index is 2.58. The summed E-state index contributed by atoms with van der Waals surface area (Å²) in [7, 11) is 0. The van der Waals surface area contributed by atoms with E-state index in [-0.39, 0.29) is 5.91 Å². The molecule has 0 atom stereocenters. The maximum Gasteiger partial charge on any atom is 0.226 e. The molecule has 3 nitrogen and oxygen atoms in total. The molecule has 0 saturated heterocycles. The molecule has 0 spiro atoms. The van der Waals surface area contributed by atoms with Crippen molar-refractivity contribution in [2.24, 2.45) is 0 Å².